The van der Waals surface area contributed by atoms with E-state index in [9.17, 15) is 0 Å². The van der Waals surface area contributed by atoms with Gasteiger partial charge >= 0.3 is 0 Å². The van der Waals surface area contributed by atoms with Crippen LogP contribution < -0.4 is 5.32 Å². The molecule has 29 heavy (non-hydrogen) atoms. The van der Waals surface area contributed by atoms with Gasteiger partial charge in [-0.25, -0.2) is 4.98 Å². The van der Waals surface area contributed by atoms with Crippen LogP contribution in [-0.4, -0.2) is 27.3 Å². The normalized spacial score (nSPS) is 11.8. The molecule has 6 nitrogen and oxygen atoms in total. The molecule has 0 aliphatic heterocycles. The first-order valence-electron chi connectivity index (χ1n) is 8.99. The van der Waals surface area contributed by atoms with E-state index in [0.29, 0.717) is 33.9 Å². The van der Waals surface area contributed by atoms with Crippen molar-refractivity contribution in [1.82, 2.24) is 15.0 Å². The highest BCUT2D eigenvalue weighted by Crippen LogP contribution is 2.37. The number of oxime groups is 1. The van der Waals surface area contributed by atoms with Crippen molar-refractivity contribution < 1.29 is 4.84 Å². The minimum atomic E-state index is 0.456. The van der Waals surface area contributed by atoms with Gasteiger partial charge in [0.1, 0.15) is 12.4 Å². The summed E-state index contributed by atoms with van der Waals surface area (Å²) in [6.45, 7) is 4.20. The number of nitrogens with one attached hydrogen (secondary N) is 1. The molecule has 0 unspecified atom stereocenters. The van der Waals surface area contributed by atoms with Crippen LogP contribution in [0.1, 0.15) is 19.4 Å². The second-order valence-corrected chi connectivity index (χ2v) is 7.12. The van der Waals surface area contributed by atoms with E-state index in [1.54, 1.807) is 36.9 Å². The van der Waals surface area contributed by atoms with Crippen LogP contribution >= 0.6 is 23.2 Å². The lowest BCUT2D eigenvalue weighted by atomic mass is 10.1. The quantitative estimate of drug-likeness (QED) is 0.241. The van der Waals surface area contributed by atoms with Crippen LogP contribution in [0.25, 0.3) is 21.7 Å². The predicted octanol–water partition coefficient (Wildman–Crippen LogP) is 5.99. The zero-order valence-corrected chi connectivity index (χ0v) is 17.3. The zero-order chi connectivity index (χ0) is 20.4. The lowest BCUT2D eigenvalue weighted by molar-refractivity contribution is 0.159. The van der Waals surface area contributed by atoms with Crippen LogP contribution in [0.15, 0.2) is 54.2 Å². The van der Waals surface area contributed by atoms with Gasteiger partial charge in [0.2, 0.25) is 0 Å². The number of anilines is 2. The summed E-state index contributed by atoms with van der Waals surface area (Å²) in [5.74, 6) is 0.636. The van der Waals surface area contributed by atoms with Gasteiger partial charge in [-0.05, 0) is 38.1 Å². The molecule has 0 radical (unpaired) electrons. The highest BCUT2D eigenvalue weighted by molar-refractivity contribution is 6.40. The summed E-state index contributed by atoms with van der Waals surface area (Å²) >= 11 is 13.1. The molecule has 0 saturated carbocycles. The van der Waals surface area contributed by atoms with Crippen molar-refractivity contribution in [3.05, 3.63) is 64.7 Å². The van der Waals surface area contributed by atoms with Crippen molar-refractivity contribution in [2.24, 2.45) is 5.16 Å². The third-order valence-corrected chi connectivity index (χ3v) is 5.03. The molecular formula is C21H17Cl2N5O. The second kappa shape index (κ2) is 8.19. The van der Waals surface area contributed by atoms with Crippen LogP contribution in [0.3, 0.4) is 0 Å². The Kier molecular flexibility index (Phi) is 5.47. The van der Waals surface area contributed by atoms with Gasteiger partial charge in [0.15, 0.2) is 0 Å². The van der Waals surface area contributed by atoms with Gasteiger partial charge < -0.3 is 10.2 Å². The van der Waals surface area contributed by atoms with Crippen molar-refractivity contribution in [3.8, 4) is 0 Å². The molecule has 1 N–H and O–H groups in total. The summed E-state index contributed by atoms with van der Waals surface area (Å²) in [6.07, 6.45) is 7.01. The maximum Gasteiger partial charge on any atom is 0.139 e. The van der Waals surface area contributed by atoms with Crippen LogP contribution in [0.4, 0.5) is 11.5 Å². The fraction of sp³-hybridized carbons (Fsp3) is 0.143. The topological polar surface area (TPSA) is 72.3 Å². The number of hydrogen-bond donors (Lipinski definition) is 1. The van der Waals surface area contributed by atoms with Gasteiger partial charge in [0, 0.05) is 46.5 Å². The van der Waals surface area contributed by atoms with Crippen LogP contribution in [0.2, 0.25) is 10.0 Å². The van der Waals surface area contributed by atoms with E-state index < -0.39 is 0 Å². The standard InChI is InChI=1S/C21H17Cl2N5O/c1-3-29-28-12(2)13-8-17(22)20(18(23)9-13)27-21-14-4-6-24-10-15(14)16-11-25-7-5-19(16)26-21/h4-11H,3H2,1-2H3,(H,26,27). The summed E-state index contributed by atoms with van der Waals surface area (Å²) in [6, 6.07) is 7.34. The molecule has 0 amide bonds. The smallest absolute Gasteiger partial charge is 0.139 e. The summed E-state index contributed by atoms with van der Waals surface area (Å²) < 4.78 is 0. The average Bonchev–Trinajstić information content (AvgIpc) is 2.74. The molecule has 146 valence electrons. The van der Waals surface area contributed by atoms with Gasteiger partial charge in [-0.1, -0.05) is 28.4 Å². The van der Waals surface area contributed by atoms with Crippen molar-refractivity contribution in [2.75, 3.05) is 11.9 Å². The van der Waals surface area contributed by atoms with Gasteiger partial charge in [-0.15, -0.1) is 0 Å². The molecule has 8 heteroatoms. The number of fused-ring (bicyclic) bond motifs is 3. The van der Waals surface area contributed by atoms with Gasteiger partial charge in [-0.3, -0.25) is 9.97 Å². The van der Waals surface area contributed by atoms with Crippen LogP contribution in [-0.2, 0) is 4.84 Å². The first-order valence-corrected chi connectivity index (χ1v) is 9.74. The van der Waals surface area contributed by atoms with E-state index in [2.05, 4.69) is 20.4 Å². The minimum absolute atomic E-state index is 0.456. The van der Waals surface area contributed by atoms with Gasteiger partial charge in [0.25, 0.3) is 0 Å². The van der Waals surface area contributed by atoms with Crippen molar-refractivity contribution >= 4 is 62.1 Å². The Labute approximate surface area is 177 Å². The number of aromatic nitrogens is 3. The maximum atomic E-state index is 6.54. The first kappa shape index (κ1) is 19.4. The van der Waals surface area contributed by atoms with E-state index in [1.807, 2.05) is 26.0 Å². The SMILES string of the molecule is CCON=C(C)c1cc(Cl)c(Nc2nc3ccncc3c3cnccc23)c(Cl)c1. The number of halogens is 2. The highest BCUT2D eigenvalue weighted by atomic mass is 35.5. The summed E-state index contributed by atoms with van der Waals surface area (Å²) in [5, 5.41) is 11.0. The van der Waals surface area contributed by atoms with E-state index in [0.717, 1.165) is 27.2 Å². The molecule has 0 bridgehead atoms. The summed E-state index contributed by atoms with van der Waals surface area (Å²) in [5.41, 5.74) is 2.84. The molecule has 0 aliphatic carbocycles. The Morgan fingerprint density at radius 3 is 2.45 bits per heavy atom. The molecule has 0 atom stereocenters. The third-order valence-electron chi connectivity index (χ3n) is 4.43. The minimum Gasteiger partial charge on any atom is -0.396 e. The molecule has 3 heterocycles. The monoisotopic (exact) mass is 425 g/mol. The predicted molar refractivity (Wildman–Crippen MR) is 118 cm³/mol. The lowest BCUT2D eigenvalue weighted by Crippen LogP contribution is -2.01. The number of benzene rings is 1. The zero-order valence-electron chi connectivity index (χ0n) is 15.8. The van der Waals surface area contributed by atoms with E-state index >= 15 is 0 Å². The molecule has 0 spiro atoms. The molecule has 3 aromatic heterocycles. The molecular weight excluding hydrogens is 409 g/mol. The van der Waals surface area contributed by atoms with E-state index in [-0.39, 0.29) is 0 Å². The molecule has 0 saturated heterocycles. The molecule has 0 aliphatic rings. The van der Waals surface area contributed by atoms with Crippen molar-refractivity contribution in [1.29, 1.82) is 0 Å². The second-order valence-electron chi connectivity index (χ2n) is 6.31. The molecule has 0 fully saturated rings. The van der Waals surface area contributed by atoms with Crippen LogP contribution in [0, 0.1) is 0 Å². The Balaban J connectivity index is 1.81. The fourth-order valence-electron chi connectivity index (χ4n) is 3.02. The molecule has 4 rings (SSSR count). The van der Waals surface area contributed by atoms with Crippen LogP contribution in [0.5, 0.6) is 0 Å². The average molecular weight is 426 g/mol. The highest BCUT2D eigenvalue weighted by Gasteiger charge is 2.14. The largest absolute Gasteiger partial charge is 0.396 e. The number of rotatable bonds is 5. The Morgan fingerprint density at radius 2 is 1.72 bits per heavy atom. The third kappa shape index (κ3) is 3.81. The summed E-state index contributed by atoms with van der Waals surface area (Å²) in [4.78, 5) is 18.3. The number of hydrogen-bond acceptors (Lipinski definition) is 6. The molecule has 1 aromatic carbocycles. The van der Waals surface area contributed by atoms with E-state index in [1.165, 1.54) is 0 Å². The van der Waals surface area contributed by atoms with E-state index in [4.69, 9.17) is 33.0 Å². The van der Waals surface area contributed by atoms with Gasteiger partial charge in [0.05, 0.1) is 27.0 Å². The Bertz CT molecular complexity index is 1220. The number of nitrogens with zero attached hydrogens (tertiary/aromatic N) is 4. The number of pyridine rings is 3. The first-order chi connectivity index (χ1) is 14.1. The van der Waals surface area contributed by atoms with Crippen molar-refractivity contribution in [3.63, 3.8) is 0 Å². The lowest BCUT2D eigenvalue weighted by Gasteiger charge is -2.14. The Hall–Kier alpha value is -2.96. The fourth-order valence-corrected chi connectivity index (χ4v) is 3.60. The molecule has 4 aromatic rings. The summed E-state index contributed by atoms with van der Waals surface area (Å²) in [7, 11) is 0. The maximum absolute atomic E-state index is 6.54. The Morgan fingerprint density at radius 1 is 1.03 bits per heavy atom. The van der Waals surface area contributed by atoms with Gasteiger partial charge in [-0.2, -0.15) is 0 Å². The van der Waals surface area contributed by atoms with Crippen molar-refractivity contribution in [2.45, 2.75) is 13.8 Å².